The summed E-state index contributed by atoms with van der Waals surface area (Å²) in [6.45, 7) is 20.3. The molecular formula is C48H58F4N10O4. The first-order valence-corrected chi connectivity index (χ1v) is 22.0. The second kappa shape index (κ2) is 26.5. The number of ether oxygens (including phenoxy) is 4. The van der Waals surface area contributed by atoms with Crippen molar-refractivity contribution in [1.29, 1.82) is 16.1 Å². The van der Waals surface area contributed by atoms with Crippen molar-refractivity contribution in [2.24, 2.45) is 11.5 Å². The number of nitrogens with zero attached hydrogens (tertiary/aromatic N) is 6. The summed E-state index contributed by atoms with van der Waals surface area (Å²) >= 11 is 0. The minimum Gasteiger partial charge on any atom is -0.494 e. The number of nitriles is 1. The summed E-state index contributed by atoms with van der Waals surface area (Å²) in [7, 11) is 0. The molecule has 66 heavy (non-hydrogen) atoms. The molecule has 0 aromatic heterocycles. The summed E-state index contributed by atoms with van der Waals surface area (Å²) in [5.41, 5.74) is 10.8. The highest BCUT2D eigenvalue weighted by molar-refractivity contribution is 5.95. The Balaban J connectivity index is 0.000000248. The summed E-state index contributed by atoms with van der Waals surface area (Å²) in [6, 6.07) is 19.1. The predicted octanol–water partition coefficient (Wildman–Crippen LogP) is 6.63. The third kappa shape index (κ3) is 16.5. The number of halogens is 4. The zero-order chi connectivity index (χ0) is 47.3. The normalized spacial score (nSPS) is 14.6. The smallest absolute Gasteiger partial charge is 0.222 e. The number of nitrogens with one attached hydrogen (secondary N) is 2. The monoisotopic (exact) mass is 914 g/mol. The fourth-order valence-corrected chi connectivity index (χ4v) is 7.34. The van der Waals surface area contributed by atoms with Gasteiger partial charge in [-0.15, -0.1) is 0 Å². The van der Waals surface area contributed by atoms with Crippen molar-refractivity contribution in [3.05, 3.63) is 124 Å². The lowest BCUT2D eigenvalue weighted by molar-refractivity contribution is 0.120. The second-order valence-electron chi connectivity index (χ2n) is 15.8. The van der Waals surface area contributed by atoms with E-state index < -0.39 is 23.3 Å². The molecule has 0 radical (unpaired) electrons. The number of hydrogen-bond donors (Lipinski definition) is 4. The van der Waals surface area contributed by atoms with E-state index in [0.717, 1.165) is 104 Å². The molecule has 2 heterocycles. The summed E-state index contributed by atoms with van der Waals surface area (Å²) in [6.07, 6.45) is 3.37. The van der Waals surface area contributed by atoms with Crippen LogP contribution >= 0.6 is 0 Å². The van der Waals surface area contributed by atoms with Gasteiger partial charge >= 0.3 is 0 Å². The summed E-state index contributed by atoms with van der Waals surface area (Å²) in [5.74, 6) is -1.05. The number of nitrogen functional groups attached to an aromatic ring is 2. The number of hydrogen-bond acceptors (Lipinski definition) is 11. The Hall–Kier alpha value is -6.44. The maximum absolute atomic E-state index is 13.8. The molecule has 0 atom stereocenters. The van der Waals surface area contributed by atoms with Crippen molar-refractivity contribution in [2.45, 2.75) is 25.7 Å². The Kier molecular flexibility index (Phi) is 20.3. The average Bonchev–Trinajstić information content (AvgIpc) is 3.30. The molecule has 352 valence electrons. The number of piperazine rings is 2. The molecule has 2 saturated heterocycles. The highest BCUT2D eigenvalue weighted by atomic mass is 19.1. The number of rotatable bonds is 22. The largest absolute Gasteiger partial charge is 0.494 e. The summed E-state index contributed by atoms with van der Waals surface area (Å²) in [4.78, 5) is 12.6. The van der Waals surface area contributed by atoms with Crippen LogP contribution in [0.3, 0.4) is 0 Å². The van der Waals surface area contributed by atoms with E-state index in [1.165, 1.54) is 48.5 Å². The van der Waals surface area contributed by atoms with E-state index in [2.05, 4.69) is 24.4 Å². The molecule has 6 N–H and O–H groups in total. The Labute approximate surface area is 384 Å². The minimum absolute atomic E-state index is 0.00457. The maximum Gasteiger partial charge on any atom is 0.222 e. The molecule has 0 unspecified atom stereocenters. The van der Waals surface area contributed by atoms with Gasteiger partial charge in [0.25, 0.3) is 0 Å². The lowest BCUT2D eigenvalue weighted by Crippen LogP contribution is -2.47. The van der Waals surface area contributed by atoms with Crippen LogP contribution in [-0.4, -0.2) is 136 Å². The third-order valence-electron chi connectivity index (χ3n) is 11.0. The first-order valence-electron chi connectivity index (χ1n) is 22.0. The van der Waals surface area contributed by atoms with Crippen molar-refractivity contribution >= 4 is 17.4 Å². The molecule has 4 aromatic carbocycles. The molecular weight excluding hydrogens is 857 g/mol. The predicted molar refractivity (Wildman–Crippen MR) is 245 cm³/mol. The van der Waals surface area contributed by atoms with Gasteiger partial charge in [-0.25, -0.2) is 22.4 Å². The topological polar surface area (TPSA) is 178 Å². The van der Waals surface area contributed by atoms with Crippen LogP contribution in [0.5, 0.6) is 23.0 Å². The van der Waals surface area contributed by atoms with Gasteiger partial charge in [0.15, 0.2) is 0 Å². The molecule has 2 aliphatic rings. The van der Waals surface area contributed by atoms with Crippen LogP contribution in [0.2, 0.25) is 0 Å². The standard InChI is InChI=1S/C24H32F2N6O2.C24H26F2N4O2/c25-21-15-17(3-5-19(21)23(27)28)33-13-1-7-31-9-11-32(12-10-31)8-2-14-34-18-4-6-20(24(29)30)22(26)16-18;1-28-24-7-6-21(17-23(24)26)32-15-3-9-30-12-10-29(11-13-30)8-2-14-31-20-5-4-19(18-27)22(25)16-20/h3-6,15-16H,1-2,7-14H2,(H3,27,28)(H3,29,30);4-7,16-17H,2-3,8-15H2. The van der Waals surface area contributed by atoms with Crippen LogP contribution in [0.25, 0.3) is 4.85 Å². The van der Waals surface area contributed by atoms with Crippen molar-refractivity contribution < 1.29 is 36.5 Å². The molecule has 0 spiro atoms. The van der Waals surface area contributed by atoms with Crippen LogP contribution in [0, 0.1) is 52.0 Å². The van der Waals surface area contributed by atoms with E-state index in [0.29, 0.717) is 49.4 Å². The van der Waals surface area contributed by atoms with Crippen molar-refractivity contribution in [1.82, 2.24) is 19.6 Å². The van der Waals surface area contributed by atoms with E-state index in [9.17, 15) is 17.6 Å². The first kappa shape index (κ1) is 50.6. The SMILES string of the molecule is N=C(N)c1ccc(OCCCN2CCN(CCCOc3ccc(C(=N)N)c(F)c3)CC2)cc1F.[C-]#[N+]c1ccc(OCCCN2CCN(CCCOc3ccc(C#N)c(F)c3)CC2)cc1F. The van der Waals surface area contributed by atoms with Gasteiger partial charge in [-0.2, -0.15) is 5.26 Å². The molecule has 0 aliphatic carbocycles. The molecule has 14 nitrogen and oxygen atoms in total. The van der Waals surface area contributed by atoms with E-state index in [4.69, 9.17) is 53.1 Å². The van der Waals surface area contributed by atoms with Crippen LogP contribution in [0.15, 0.2) is 72.8 Å². The second-order valence-corrected chi connectivity index (χ2v) is 15.8. The number of benzene rings is 4. The molecule has 18 heteroatoms. The van der Waals surface area contributed by atoms with Crippen LogP contribution in [0.4, 0.5) is 23.2 Å². The fourth-order valence-electron chi connectivity index (χ4n) is 7.34. The Bertz CT molecular complexity index is 2130. The van der Waals surface area contributed by atoms with Gasteiger partial charge in [0.1, 0.15) is 64.0 Å². The van der Waals surface area contributed by atoms with Gasteiger partial charge in [0.05, 0.1) is 49.7 Å². The van der Waals surface area contributed by atoms with E-state index in [1.807, 2.05) is 0 Å². The van der Waals surface area contributed by atoms with Crippen LogP contribution in [-0.2, 0) is 0 Å². The zero-order valence-corrected chi connectivity index (χ0v) is 37.1. The maximum atomic E-state index is 13.8. The van der Waals surface area contributed by atoms with Gasteiger partial charge in [0, 0.05) is 103 Å². The summed E-state index contributed by atoms with van der Waals surface area (Å²) in [5, 5.41) is 23.4. The average molecular weight is 915 g/mol. The van der Waals surface area contributed by atoms with Gasteiger partial charge in [0.2, 0.25) is 5.69 Å². The highest BCUT2D eigenvalue weighted by Gasteiger charge is 2.18. The molecule has 0 saturated carbocycles. The van der Waals surface area contributed by atoms with Gasteiger partial charge in [-0.05, 0) is 74.2 Å². The molecule has 2 aliphatic heterocycles. The third-order valence-corrected chi connectivity index (χ3v) is 11.0. The van der Waals surface area contributed by atoms with Crippen LogP contribution < -0.4 is 30.4 Å². The lowest BCUT2D eigenvalue weighted by atomic mass is 10.2. The number of amidine groups is 2. The summed E-state index contributed by atoms with van der Waals surface area (Å²) < 4.78 is 77.3. The van der Waals surface area contributed by atoms with Crippen molar-refractivity contribution in [3.8, 4) is 29.1 Å². The zero-order valence-electron chi connectivity index (χ0n) is 37.1. The minimum atomic E-state index is -0.559. The van der Waals surface area contributed by atoms with Gasteiger partial charge in [-0.3, -0.25) is 10.8 Å². The van der Waals surface area contributed by atoms with E-state index >= 15 is 0 Å². The highest BCUT2D eigenvalue weighted by Crippen LogP contribution is 2.23. The lowest BCUT2D eigenvalue weighted by Gasteiger charge is -2.34. The van der Waals surface area contributed by atoms with Crippen LogP contribution in [0.1, 0.15) is 42.4 Å². The van der Waals surface area contributed by atoms with E-state index in [1.54, 1.807) is 30.3 Å². The van der Waals surface area contributed by atoms with E-state index in [-0.39, 0.29) is 34.0 Å². The molecule has 2 fully saturated rings. The Morgan fingerprint density at radius 1 is 0.530 bits per heavy atom. The molecule has 4 aromatic rings. The molecule has 0 bridgehead atoms. The molecule has 6 rings (SSSR count). The van der Waals surface area contributed by atoms with Crippen molar-refractivity contribution in [3.63, 3.8) is 0 Å². The number of nitrogens with two attached hydrogens (primary N) is 2. The quantitative estimate of drug-likeness (QED) is 0.0219. The Morgan fingerprint density at radius 3 is 1.14 bits per heavy atom. The Morgan fingerprint density at radius 2 is 0.848 bits per heavy atom. The molecule has 0 amide bonds. The van der Waals surface area contributed by atoms with Gasteiger partial charge < -0.3 is 50.0 Å². The van der Waals surface area contributed by atoms with Crippen molar-refractivity contribution in [2.75, 3.05) is 105 Å². The fraction of sp³-hybridized carbons (Fsp3) is 0.417. The van der Waals surface area contributed by atoms with Gasteiger partial charge in [-0.1, -0.05) is 0 Å². The first-order chi connectivity index (χ1) is 31.9.